The lowest BCUT2D eigenvalue weighted by Crippen LogP contribution is -2.42. The van der Waals surface area contributed by atoms with Crippen LogP contribution in [0, 0.1) is 0 Å². The van der Waals surface area contributed by atoms with Crippen molar-refractivity contribution in [3.05, 3.63) is 71.8 Å². The van der Waals surface area contributed by atoms with Gasteiger partial charge in [0.2, 0.25) is 0 Å². The number of nitrogens with one attached hydrogen (secondary N) is 1. The maximum Gasteiger partial charge on any atom is 0.0204 e. The topological polar surface area (TPSA) is 12.0 Å². The third-order valence-corrected chi connectivity index (χ3v) is 5.06. The molecule has 0 unspecified atom stereocenters. The molecule has 0 bridgehead atoms. The minimum Gasteiger partial charge on any atom is -0.312 e. The van der Waals surface area contributed by atoms with Crippen LogP contribution in [0.1, 0.15) is 50.7 Å². The minimum absolute atomic E-state index is 0. The quantitative estimate of drug-likeness (QED) is 0.798. The van der Waals surface area contributed by atoms with Crippen molar-refractivity contribution in [3.8, 4) is 0 Å². The molecule has 2 aromatic rings. The fourth-order valence-corrected chi connectivity index (χ4v) is 4.01. The van der Waals surface area contributed by atoms with Crippen LogP contribution in [0.2, 0.25) is 0 Å². The molecule has 0 spiro atoms. The monoisotopic (exact) mass is 329 g/mol. The van der Waals surface area contributed by atoms with Crippen LogP contribution in [0.3, 0.4) is 0 Å². The van der Waals surface area contributed by atoms with Gasteiger partial charge in [0.15, 0.2) is 0 Å². The van der Waals surface area contributed by atoms with Gasteiger partial charge in [-0.15, -0.1) is 12.4 Å². The summed E-state index contributed by atoms with van der Waals surface area (Å²) in [6, 6.07) is 23.4. The summed E-state index contributed by atoms with van der Waals surface area (Å²) in [6.07, 6.45) is 4.96. The molecule has 0 heterocycles. The maximum absolute atomic E-state index is 3.72. The molecule has 0 saturated heterocycles. The average molecular weight is 330 g/mol. The summed E-state index contributed by atoms with van der Waals surface area (Å²) in [4.78, 5) is 0. The van der Waals surface area contributed by atoms with Crippen LogP contribution in [0.4, 0.5) is 0 Å². The smallest absolute Gasteiger partial charge is 0.0204 e. The van der Waals surface area contributed by atoms with Crippen molar-refractivity contribution in [2.24, 2.45) is 0 Å². The average Bonchev–Trinajstić information content (AvgIpc) is 2.57. The van der Waals surface area contributed by atoms with Gasteiger partial charge in [-0.25, -0.2) is 0 Å². The highest BCUT2D eigenvalue weighted by Crippen LogP contribution is 2.44. The molecule has 0 amide bonds. The van der Waals surface area contributed by atoms with E-state index in [1.54, 1.807) is 0 Å². The summed E-state index contributed by atoms with van der Waals surface area (Å²) in [7, 11) is 0. The van der Waals surface area contributed by atoms with Crippen LogP contribution in [0.5, 0.6) is 0 Å². The molecular formula is C21H28ClN. The van der Waals surface area contributed by atoms with Crippen LogP contribution in [0.25, 0.3) is 0 Å². The molecule has 1 aliphatic carbocycles. The number of hydrogen-bond acceptors (Lipinski definition) is 1. The van der Waals surface area contributed by atoms with Gasteiger partial charge in [-0.2, -0.15) is 0 Å². The molecule has 1 N–H and O–H groups in total. The molecule has 0 aromatic heterocycles. The summed E-state index contributed by atoms with van der Waals surface area (Å²) in [5, 5.41) is 3.72. The van der Waals surface area contributed by atoms with E-state index < -0.39 is 0 Å². The first-order chi connectivity index (χ1) is 10.7. The number of rotatable bonds is 4. The molecule has 0 atom stereocenters. The van der Waals surface area contributed by atoms with Gasteiger partial charge in [0, 0.05) is 17.5 Å². The molecule has 2 heteroatoms. The summed E-state index contributed by atoms with van der Waals surface area (Å²) < 4.78 is 0. The second-order valence-electron chi connectivity index (χ2n) is 6.91. The second-order valence-corrected chi connectivity index (χ2v) is 6.91. The number of halogens is 1. The predicted molar refractivity (Wildman–Crippen MR) is 101 cm³/mol. The Kier molecular flexibility index (Phi) is 6.26. The fraction of sp³-hybridized carbons (Fsp3) is 0.429. The Morgan fingerprint density at radius 3 is 1.65 bits per heavy atom. The summed E-state index contributed by atoms with van der Waals surface area (Å²) >= 11 is 0. The highest BCUT2D eigenvalue weighted by molar-refractivity contribution is 5.85. The zero-order valence-electron chi connectivity index (χ0n) is 14.2. The van der Waals surface area contributed by atoms with Crippen molar-refractivity contribution >= 4 is 12.4 Å². The van der Waals surface area contributed by atoms with Crippen LogP contribution in [-0.4, -0.2) is 12.1 Å². The third-order valence-electron chi connectivity index (χ3n) is 5.06. The highest BCUT2D eigenvalue weighted by atomic mass is 35.5. The Morgan fingerprint density at radius 1 is 0.826 bits per heavy atom. The van der Waals surface area contributed by atoms with Gasteiger partial charge in [-0.1, -0.05) is 74.5 Å². The van der Waals surface area contributed by atoms with Crippen molar-refractivity contribution in [2.45, 2.75) is 57.0 Å². The largest absolute Gasteiger partial charge is 0.312 e. The minimum atomic E-state index is 0. The van der Waals surface area contributed by atoms with E-state index in [1.807, 2.05) is 0 Å². The Morgan fingerprint density at radius 2 is 1.26 bits per heavy atom. The second kappa shape index (κ2) is 7.99. The van der Waals surface area contributed by atoms with Gasteiger partial charge < -0.3 is 5.32 Å². The van der Waals surface area contributed by atoms with Crippen molar-refractivity contribution in [1.29, 1.82) is 0 Å². The van der Waals surface area contributed by atoms with E-state index in [0.717, 1.165) is 0 Å². The Bertz CT molecular complexity index is 530. The molecule has 23 heavy (non-hydrogen) atoms. The molecule has 1 nitrogen and oxygen atoms in total. The molecule has 3 rings (SSSR count). The molecule has 1 saturated carbocycles. The Hall–Kier alpha value is -1.31. The lowest BCUT2D eigenvalue weighted by molar-refractivity contribution is 0.272. The van der Waals surface area contributed by atoms with Crippen molar-refractivity contribution in [2.75, 3.05) is 0 Å². The summed E-state index contributed by atoms with van der Waals surface area (Å²) in [5.74, 6) is 0. The Balaban J connectivity index is 0.00000192. The first-order valence-electron chi connectivity index (χ1n) is 8.58. The van der Waals surface area contributed by atoms with E-state index in [9.17, 15) is 0 Å². The maximum atomic E-state index is 3.72. The lowest BCUT2D eigenvalue weighted by atomic mass is 9.64. The molecule has 0 aliphatic heterocycles. The van der Waals surface area contributed by atoms with E-state index in [0.29, 0.717) is 12.1 Å². The summed E-state index contributed by atoms with van der Waals surface area (Å²) in [5.41, 5.74) is 3.14. The fourth-order valence-electron chi connectivity index (χ4n) is 4.01. The van der Waals surface area contributed by atoms with Gasteiger partial charge in [0.05, 0.1) is 0 Å². The van der Waals surface area contributed by atoms with Crippen LogP contribution in [-0.2, 0) is 5.41 Å². The standard InChI is InChI=1S/C21H27N.ClH/c1-17(2)22-20-13-15-21(16-14-20,18-9-5-3-6-10-18)19-11-7-4-8-12-19;/h3-12,17,20,22H,13-16H2,1-2H3;1H. The van der Waals surface area contributed by atoms with Crippen molar-refractivity contribution in [1.82, 2.24) is 5.32 Å². The number of hydrogen-bond donors (Lipinski definition) is 1. The normalized spacial score (nSPS) is 17.7. The van der Waals surface area contributed by atoms with E-state index in [2.05, 4.69) is 79.8 Å². The van der Waals surface area contributed by atoms with Crippen LogP contribution >= 0.6 is 12.4 Å². The zero-order chi connectivity index (χ0) is 15.4. The molecule has 2 aromatic carbocycles. The molecular weight excluding hydrogens is 302 g/mol. The number of benzene rings is 2. The van der Waals surface area contributed by atoms with E-state index in [-0.39, 0.29) is 17.8 Å². The Labute approximate surface area is 146 Å². The van der Waals surface area contributed by atoms with Crippen LogP contribution < -0.4 is 5.32 Å². The lowest BCUT2D eigenvalue weighted by Gasteiger charge is -2.42. The first-order valence-corrected chi connectivity index (χ1v) is 8.58. The molecule has 1 fully saturated rings. The first kappa shape index (κ1) is 18.0. The zero-order valence-corrected chi connectivity index (χ0v) is 15.0. The third kappa shape index (κ3) is 3.97. The van der Waals surface area contributed by atoms with Gasteiger partial charge >= 0.3 is 0 Å². The van der Waals surface area contributed by atoms with Crippen LogP contribution in [0.15, 0.2) is 60.7 Å². The van der Waals surface area contributed by atoms with E-state index in [4.69, 9.17) is 0 Å². The van der Waals surface area contributed by atoms with Crippen molar-refractivity contribution < 1.29 is 0 Å². The molecule has 1 aliphatic rings. The molecule has 124 valence electrons. The summed E-state index contributed by atoms with van der Waals surface area (Å²) in [6.45, 7) is 4.49. The van der Waals surface area contributed by atoms with E-state index >= 15 is 0 Å². The highest BCUT2D eigenvalue weighted by Gasteiger charge is 2.38. The molecule has 0 radical (unpaired) electrons. The van der Waals surface area contributed by atoms with Gasteiger partial charge in [-0.3, -0.25) is 0 Å². The predicted octanol–water partition coefficient (Wildman–Crippen LogP) is 5.34. The van der Waals surface area contributed by atoms with Gasteiger partial charge in [0.25, 0.3) is 0 Å². The van der Waals surface area contributed by atoms with Gasteiger partial charge in [-0.05, 0) is 36.8 Å². The van der Waals surface area contributed by atoms with E-state index in [1.165, 1.54) is 36.8 Å². The van der Waals surface area contributed by atoms with Crippen molar-refractivity contribution in [3.63, 3.8) is 0 Å². The van der Waals surface area contributed by atoms with Gasteiger partial charge in [0.1, 0.15) is 0 Å². The SMILES string of the molecule is CC(C)NC1CCC(c2ccccc2)(c2ccccc2)CC1.Cl.